The summed E-state index contributed by atoms with van der Waals surface area (Å²) in [5.74, 6) is 0.229. The van der Waals surface area contributed by atoms with Crippen molar-refractivity contribution in [2.45, 2.75) is 24.8 Å². The van der Waals surface area contributed by atoms with Crippen LogP contribution in [0.1, 0.15) is 32.6 Å². The van der Waals surface area contributed by atoms with Crippen LogP contribution in [0.2, 0.25) is 0 Å². The van der Waals surface area contributed by atoms with Gasteiger partial charge in [-0.2, -0.15) is 0 Å². The molecule has 0 saturated heterocycles. The molecule has 2 aromatic carbocycles. The fourth-order valence-corrected chi connectivity index (χ4v) is 4.95. The van der Waals surface area contributed by atoms with E-state index in [1.165, 1.54) is 18.4 Å². The average molecular weight is 416 g/mol. The van der Waals surface area contributed by atoms with E-state index in [1.807, 2.05) is 31.2 Å². The highest BCUT2D eigenvalue weighted by Crippen LogP contribution is 2.26. The Balaban J connectivity index is 1.76. The van der Waals surface area contributed by atoms with Gasteiger partial charge in [0.2, 0.25) is 15.8 Å². The van der Waals surface area contributed by atoms with E-state index < -0.39 is 10.0 Å². The van der Waals surface area contributed by atoms with Crippen LogP contribution in [0.4, 0.5) is 0 Å². The van der Waals surface area contributed by atoms with Crippen LogP contribution in [0, 0.1) is 0 Å². The van der Waals surface area contributed by atoms with Crippen LogP contribution in [0.5, 0.6) is 5.75 Å². The fourth-order valence-electron chi connectivity index (χ4n) is 2.72. The predicted molar refractivity (Wildman–Crippen MR) is 111 cm³/mol. The van der Waals surface area contributed by atoms with Crippen molar-refractivity contribution in [1.82, 2.24) is 4.72 Å². The maximum atomic E-state index is 12.8. The molecule has 3 aromatic rings. The number of aryl methyl sites for hydroxylation is 1. The number of ketones is 1. The monoisotopic (exact) mass is 415 g/mol. The van der Waals surface area contributed by atoms with Crippen LogP contribution >= 0.6 is 11.3 Å². The van der Waals surface area contributed by atoms with E-state index in [0.29, 0.717) is 16.2 Å². The average Bonchev–Trinajstić information content (AvgIpc) is 3.21. The zero-order valence-corrected chi connectivity index (χ0v) is 17.3. The summed E-state index contributed by atoms with van der Waals surface area (Å²) in [6.07, 6.45) is 0.725. The van der Waals surface area contributed by atoms with Crippen molar-refractivity contribution in [1.29, 1.82) is 0 Å². The van der Waals surface area contributed by atoms with E-state index in [-0.39, 0.29) is 17.2 Å². The van der Waals surface area contributed by atoms with Crippen molar-refractivity contribution < 1.29 is 17.9 Å². The van der Waals surface area contributed by atoms with Gasteiger partial charge >= 0.3 is 0 Å². The Morgan fingerprint density at radius 3 is 2.50 bits per heavy atom. The first-order valence-electron chi connectivity index (χ1n) is 8.79. The number of nitrogens with one attached hydrogen (secondary N) is 1. The van der Waals surface area contributed by atoms with E-state index in [2.05, 4.69) is 4.72 Å². The molecule has 0 saturated carbocycles. The molecular formula is C21H21NO4S2. The largest absolute Gasteiger partial charge is 0.495 e. The van der Waals surface area contributed by atoms with Gasteiger partial charge in [0.1, 0.15) is 10.6 Å². The van der Waals surface area contributed by atoms with Crippen molar-refractivity contribution in [3.63, 3.8) is 0 Å². The molecule has 1 N–H and O–H groups in total. The normalized spacial score (nSPS) is 11.4. The molecule has 28 heavy (non-hydrogen) atoms. The summed E-state index contributed by atoms with van der Waals surface area (Å²) in [6.45, 7) is 2.07. The number of hydrogen-bond donors (Lipinski definition) is 1. The van der Waals surface area contributed by atoms with Gasteiger partial charge in [-0.3, -0.25) is 4.79 Å². The number of carbonyl (C=O) groups is 1. The van der Waals surface area contributed by atoms with Gasteiger partial charge in [0.05, 0.1) is 12.0 Å². The molecule has 0 bridgehead atoms. The molecule has 5 nitrogen and oxygen atoms in total. The second kappa shape index (κ2) is 8.68. The highest BCUT2D eigenvalue weighted by Gasteiger charge is 2.20. The zero-order valence-electron chi connectivity index (χ0n) is 15.6. The van der Waals surface area contributed by atoms with Crippen molar-refractivity contribution in [3.8, 4) is 5.75 Å². The van der Waals surface area contributed by atoms with Crippen LogP contribution in [0.3, 0.4) is 0 Å². The topological polar surface area (TPSA) is 72.5 Å². The molecule has 0 amide bonds. The summed E-state index contributed by atoms with van der Waals surface area (Å²) in [5.41, 5.74) is 1.52. The number of hydrogen-bond acceptors (Lipinski definition) is 5. The van der Waals surface area contributed by atoms with Crippen LogP contribution < -0.4 is 9.46 Å². The molecule has 7 heteroatoms. The Bertz CT molecular complexity index is 1070. The lowest BCUT2D eigenvalue weighted by Gasteiger charge is -2.11. The standard InChI is InChI=1S/C21H21NO4S2/c1-3-15-9-11-18(26-2)20(13-15)28(24,25)22-14-17-10-12-19(27-17)21(23)16-7-5-4-6-8-16/h4-13,22H,3,14H2,1-2H3. The summed E-state index contributed by atoms with van der Waals surface area (Å²) >= 11 is 1.28. The highest BCUT2D eigenvalue weighted by molar-refractivity contribution is 7.89. The summed E-state index contributed by atoms with van der Waals surface area (Å²) in [5, 5.41) is 0. The minimum Gasteiger partial charge on any atom is -0.495 e. The summed E-state index contributed by atoms with van der Waals surface area (Å²) in [7, 11) is -2.31. The smallest absolute Gasteiger partial charge is 0.244 e. The first kappa shape index (κ1) is 20.3. The van der Waals surface area contributed by atoms with Crippen LogP contribution in [0.15, 0.2) is 65.6 Å². The molecular weight excluding hydrogens is 394 g/mol. The minimum absolute atomic E-state index is 0.0722. The lowest BCUT2D eigenvalue weighted by Crippen LogP contribution is -2.23. The first-order valence-corrected chi connectivity index (χ1v) is 11.1. The molecule has 3 rings (SSSR count). The lowest BCUT2D eigenvalue weighted by atomic mass is 10.1. The van der Waals surface area contributed by atoms with E-state index >= 15 is 0 Å². The third-order valence-electron chi connectivity index (χ3n) is 4.28. The van der Waals surface area contributed by atoms with E-state index in [0.717, 1.165) is 16.9 Å². The first-order chi connectivity index (χ1) is 13.4. The lowest BCUT2D eigenvalue weighted by molar-refractivity contribution is 0.104. The van der Waals surface area contributed by atoms with E-state index in [1.54, 1.807) is 36.4 Å². The molecule has 0 aliphatic carbocycles. The fraction of sp³-hybridized carbons (Fsp3) is 0.190. The Hall–Kier alpha value is -2.48. The Morgan fingerprint density at radius 1 is 1.07 bits per heavy atom. The molecule has 1 heterocycles. The van der Waals surface area contributed by atoms with Gasteiger partial charge < -0.3 is 4.74 Å². The minimum atomic E-state index is -3.75. The molecule has 0 aliphatic rings. The van der Waals surface area contributed by atoms with Gasteiger partial charge in [-0.05, 0) is 36.2 Å². The quantitative estimate of drug-likeness (QED) is 0.564. The third kappa shape index (κ3) is 4.49. The van der Waals surface area contributed by atoms with Gasteiger partial charge in [0.25, 0.3) is 0 Å². The maximum Gasteiger partial charge on any atom is 0.244 e. The summed E-state index contributed by atoms with van der Waals surface area (Å²) < 4.78 is 33.3. The predicted octanol–water partition coefficient (Wildman–Crippen LogP) is 4.03. The van der Waals surface area contributed by atoms with Crippen LogP contribution in [-0.2, 0) is 23.0 Å². The van der Waals surface area contributed by atoms with Gasteiger partial charge in [0, 0.05) is 17.0 Å². The number of thiophene rings is 1. The van der Waals surface area contributed by atoms with Crippen LogP contribution in [0.25, 0.3) is 0 Å². The summed E-state index contributed by atoms with van der Waals surface area (Å²) in [4.78, 5) is 13.9. The Morgan fingerprint density at radius 2 is 1.82 bits per heavy atom. The number of benzene rings is 2. The van der Waals surface area contributed by atoms with Gasteiger partial charge in [-0.25, -0.2) is 13.1 Å². The third-order valence-corrected chi connectivity index (χ3v) is 6.79. The van der Waals surface area contributed by atoms with Crippen molar-refractivity contribution in [3.05, 3.63) is 81.5 Å². The number of methoxy groups -OCH3 is 1. The van der Waals surface area contributed by atoms with Gasteiger partial charge in [-0.15, -0.1) is 11.3 Å². The number of sulfonamides is 1. The molecule has 1 aromatic heterocycles. The second-order valence-electron chi connectivity index (χ2n) is 6.12. The van der Waals surface area contributed by atoms with Crippen molar-refractivity contribution in [2.24, 2.45) is 0 Å². The number of ether oxygens (including phenoxy) is 1. The number of carbonyl (C=O) groups excluding carboxylic acids is 1. The molecule has 0 atom stereocenters. The molecule has 0 aliphatic heterocycles. The maximum absolute atomic E-state index is 12.8. The van der Waals surface area contributed by atoms with Crippen LogP contribution in [-0.4, -0.2) is 21.3 Å². The Labute approximate surface area is 169 Å². The van der Waals surface area contributed by atoms with Gasteiger partial charge in [-0.1, -0.05) is 43.3 Å². The number of rotatable bonds is 8. The molecule has 0 radical (unpaired) electrons. The second-order valence-corrected chi connectivity index (χ2v) is 9.03. The van der Waals surface area contributed by atoms with E-state index in [4.69, 9.17) is 4.74 Å². The van der Waals surface area contributed by atoms with Crippen molar-refractivity contribution >= 4 is 27.1 Å². The van der Waals surface area contributed by atoms with E-state index in [9.17, 15) is 13.2 Å². The molecule has 0 fully saturated rings. The highest BCUT2D eigenvalue weighted by atomic mass is 32.2. The Kier molecular flexibility index (Phi) is 6.28. The zero-order chi connectivity index (χ0) is 20.1. The molecule has 146 valence electrons. The molecule has 0 spiro atoms. The van der Waals surface area contributed by atoms with Crippen molar-refractivity contribution in [2.75, 3.05) is 7.11 Å². The SMILES string of the molecule is CCc1ccc(OC)c(S(=O)(=O)NCc2ccc(C(=O)c3ccccc3)s2)c1. The summed E-state index contributed by atoms with van der Waals surface area (Å²) in [6, 6.07) is 17.6. The molecule has 0 unspecified atom stereocenters. The van der Waals surface area contributed by atoms with Gasteiger partial charge in [0.15, 0.2) is 0 Å².